The summed E-state index contributed by atoms with van der Waals surface area (Å²) in [6, 6.07) is 16.8. The quantitative estimate of drug-likeness (QED) is 0.632. The zero-order chi connectivity index (χ0) is 21.2. The van der Waals surface area contributed by atoms with E-state index in [9.17, 15) is 9.59 Å². The lowest BCUT2D eigenvalue weighted by atomic mass is 9.94. The molecule has 0 unspecified atom stereocenters. The predicted octanol–water partition coefficient (Wildman–Crippen LogP) is 4.13. The van der Waals surface area contributed by atoms with Crippen molar-refractivity contribution in [2.24, 2.45) is 0 Å². The molecule has 1 saturated carbocycles. The molecule has 6 nitrogen and oxygen atoms in total. The summed E-state index contributed by atoms with van der Waals surface area (Å²) in [7, 11) is 1.88. The van der Waals surface area contributed by atoms with Gasteiger partial charge in [-0.15, -0.1) is 0 Å². The summed E-state index contributed by atoms with van der Waals surface area (Å²) in [6.45, 7) is 0.648. The van der Waals surface area contributed by atoms with Gasteiger partial charge in [0.05, 0.1) is 6.61 Å². The molecule has 1 aliphatic rings. The van der Waals surface area contributed by atoms with E-state index >= 15 is 0 Å². The van der Waals surface area contributed by atoms with Gasteiger partial charge in [-0.05, 0) is 49.2 Å². The van der Waals surface area contributed by atoms with Gasteiger partial charge in [-0.2, -0.15) is 0 Å². The van der Waals surface area contributed by atoms with Crippen molar-refractivity contribution in [1.82, 2.24) is 4.90 Å². The van der Waals surface area contributed by atoms with E-state index in [4.69, 9.17) is 9.47 Å². The topological polar surface area (TPSA) is 67.9 Å². The van der Waals surface area contributed by atoms with E-state index in [0.29, 0.717) is 30.5 Å². The SMILES string of the molecule is CN(C(=O)c1ccc(NC(=O)COCCOc2ccccc2)cc1)C1CCCCC1. The third-order valence-electron chi connectivity index (χ3n) is 5.33. The number of ether oxygens (including phenoxy) is 2. The second-order valence-electron chi connectivity index (χ2n) is 7.55. The first-order valence-electron chi connectivity index (χ1n) is 10.6. The number of amides is 2. The molecular weight excluding hydrogens is 380 g/mol. The summed E-state index contributed by atoms with van der Waals surface area (Å²) < 4.78 is 10.9. The van der Waals surface area contributed by atoms with Crippen LogP contribution in [-0.4, -0.2) is 49.6 Å². The van der Waals surface area contributed by atoms with E-state index in [1.807, 2.05) is 42.3 Å². The number of benzene rings is 2. The molecule has 30 heavy (non-hydrogen) atoms. The summed E-state index contributed by atoms with van der Waals surface area (Å²) in [6.07, 6.45) is 5.79. The average molecular weight is 411 g/mol. The van der Waals surface area contributed by atoms with Crippen LogP contribution in [0.4, 0.5) is 5.69 Å². The number of hydrogen-bond donors (Lipinski definition) is 1. The molecule has 2 aromatic carbocycles. The number of rotatable bonds is 9. The zero-order valence-electron chi connectivity index (χ0n) is 17.5. The second kappa shape index (κ2) is 11.4. The Hall–Kier alpha value is -2.86. The Bertz CT molecular complexity index is 802. The Labute approximate surface area is 178 Å². The summed E-state index contributed by atoms with van der Waals surface area (Å²) in [4.78, 5) is 26.6. The highest BCUT2D eigenvalue weighted by atomic mass is 16.5. The standard InChI is InChI=1S/C24H30N2O4/c1-26(21-8-4-2-5-9-21)24(28)19-12-14-20(15-13-19)25-23(27)18-29-16-17-30-22-10-6-3-7-11-22/h3,6-7,10-15,21H,2,4-5,8-9,16-18H2,1H3,(H,25,27). The van der Waals surface area contributed by atoms with Crippen LogP contribution in [-0.2, 0) is 9.53 Å². The Morgan fingerprint density at radius 1 is 0.967 bits per heavy atom. The van der Waals surface area contributed by atoms with Crippen molar-refractivity contribution in [3.05, 3.63) is 60.2 Å². The van der Waals surface area contributed by atoms with Gasteiger partial charge >= 0.3 is 0 Å². The highest BCUT2D eigenvalue weighted by Crippen LogP contribution is 2.23. The second-order valence-corrected chi connectivity index (χ2v) is 7.55. The fourth-order valence-electron chi connectivity index (χ4n) is 3.63. The normalized spacial score (nSPS) is 14.2. The Balaban J connectivity index is 1.38. The van der Waals surface area contributed by atoms with Crippen LogP contribution in [0.5, 0.6) is 5.75 Å². The molecule has 0 heterocycles. The molecule has 6 heteroatoms. The van der Waals surface area contributed by atoms with Crippen LogP contribution in [0, 0.1) is 0 Å². The molecule has 0 bridgehead atoms. The lowest BCUT2D eigenvalue weighted by Crippen LogP contribution is -2.38. The minimum atomic E-state index is -0.242. The van der Waals surface area contributed by atoms with Gasteiger partial charge in [0, 0.05) is 24.3 Å². The zero-order valence-corrected chi connectivity index (χ0v) is 17.5. The maximum atomic E-state index is 12.7. The summed E-state index contributed by atoms with van der Waals surface area (Å²) in [5, 5.41) is 2.78. The molecule has 0 saturated heterocycles. The first kappa shape index (κ1) is 21.8. The van der Waals surface area contributed by atoms with Gasteiger partial charge < -0.3 is 19.7 Å². The van der Waals surface area contributed by atoms with E-state index in [-0.39, 0.29) is 18.4 Å². The number of nitrogens with zero attached hydrogens (tertiary/aromatic N) is 1. The number of carbonyl (C=O) groups is 2. The van der Waals surface area contributed by atoms with E-state index < -0.39 is 0 Å². The number of carbonyl (C=O) groups excluding carboxylic acids is 2. The van der Waals surface area contributed by atoms with Gasteiger partial charge in [0.15, 0.2) is 0 Å². The van der Waals surface area contributed by atoms with Crippen molar-refractivity contribution >= 4 is 17.5 Å². The fraction of sp³-hybridized carbons (Fsp3) is 0.417. The highest BCUT2D eigenvalue weighted by molar-refractivity contribution is 5.96. The third kappa shape index (κ3) is 6.59. The summed E-state index contributed by atoms with van der Waals surface area (Å²) in [5.74, 6) is 0.559. The Kier molecular flexibility index (Phi) is 8.27. The van der Waals surface area contributed by atoms with Crippen molar-refractivity contribution in [1.29, 1.82) is 0 Å². The molecule has 1 fully saturated rings. The fourth-order valence-corrected chi connectivity index (χ4v) is 3.63. The number of nitrogens with one attached hydrogen (secondary N) is 1. The van der Waals surface area contributed by atoms with Gasteiger partial charge in [-0.25, -0.2) is 0 Å². The van der Waals surface area contributed by atoms with Crippen LogP contribution in [0.1, 0.15) is 42.5 Å². The van der Waals surface area contributed by atoms with Gasteiger partial charge in [0.2, 0.25) is 5.91 Å². The van der Waals surface area contributed by atoms with Gasteiger partial charge in [-0.1, -0.05) is 37.5 Å². The maximum Gasteiger partial charge on any atom is 0.253 e. The molecular formula is C24H30N2O4. The molecule has 2 aromatic rings. The first-order chi connectivity index (χ1) is 14.6. The lowest BCUT2D eigenvalue weighted by molar-refractivity contribution is -0.120. The molecule has 0 atom stereocenters. The Morgan fingerprint density at radius 2 is 1.67 bits per heavy atom. The maximum absolute atomic E-state index is 12.7. The van der Waals surface area contributed by atoms with Crippen LogP contribution >= 0.6 is 0 Å². The molecule has 1 aliphatic carbocycles. The molecule has 0 aliphatic heterocycles. The molecule has 0 aromatic heterocycles. The van der Waals surface area contributed by atoms with E-state index in [2.05, 4.69) is 5.32 Å². The summed E-state index contributed by atoms with van der Waals surface area (Å²) in [5.41, 5.74) is 1.27. The smallest absolute Gasteiger partial charge is 0.253 e. The highest BCUT2D eigenvalue weighted by Gasteiger charge is 2.22. The van der Waals surface area contributed by atoms with E-state index in [0.717, 1.165) is 18.6 Å². The van der Waals surface area contributed by atoms with Crippen LogP contribution in [0.25, 0.3) is 0 Å². The largest absolute Gasteiger partial charge is 0.491 e. The first-order valence-corrected chi connectivity index (χ1v) is 10.6. The molecule has 1 N–H and O–H groups in total. The molecule has 3 rings (SSSR count). The third-order valence-corrected chi connectivity index (χ3v) is 5.33. The van der Waals surface area contributed by atoms with E-state index in [1.165, 1.54) is 19.3 Å². The van der Waals surface area contributed by atoms with E-state index in [1.54, 1.807) is 24.3 Å². The summed E-state index contributed by atoms with van der Waals surface area (Å²) >= 11 is 0. The van der Waals surface area contributed by atoms with Gasteiger partial charge in [-0.3, -0.25) is 9.59 Å². The van der Waals surface area contributed by atoms with Crippen LogP contribution < -0.4 is 10.1 Å². The monoisotopic (exact) mass is 410 g/mol. The number of hydrogen-bond acceptors (Lipinski definition) is 4. The molecule has 0 radical (unpaired) electrons. The van der Waals surface area contributed by atoms with Crippen molar-refractivity contribution in [2.75, 3.05) is 32.2 Å². The van der Waals surface area contributed by atoms with Crippen molar-refractivity contribution in [3.8, 4) is 5.75 Å². The van der Waals surface area contributed by atoms with Crippen LogP contribution in [0.3, 0.4) is 0 Å². The van der Waals surface area contributed by atoms with Gasteiger partial charge in [0.1, 0.15) is 19.0 Å². The van der Waals surface area contributed by atoms with Crippen molar-refractivity contribution in [3.63, 3.8) is 0 Å². The molecule has 0 spiro atoms. The molecule has 160 valence electrons. The van der Waals surface area contributed by atoms with Crippen LogP contribution in [0.15, 0.2) is 54.6 Å². The predicted molar refractivity (Wildman–Crippen MR) is 117 cm³/mol. The van der Waals surface area contributed by atoms with Gasteiger partial charge in [0.25, 0.3) is 5.91 Å². The Morgan fingerprint density at radius 3 is 2.37 bits per heavy atom. The average Bonchev–Trinajstić information content (AvgIpc) is 2.79. The van der Waals surface area contributed by atoms with Crippen LogP contribution in [0.2, 0.25) is 0 Å². The minimum Gasteiger partial charge on any atom is -0.491 e. The number of para-hydroxylation sites is 1. The minimum absolute atomic E-state index is 0.0292. The molecule has 2 amide bonds. The van der Waals surface area contributed by atoms with Crippen molar-refractivity contribution < 1.29 is 19.1 Å². The number of anilines is 1. The van der Waals surface area contributed by atoms with Crippen molar-refractivity contribution in [2.45, 2.75) is 38.1 Å². The lowest BCUT2D eigenvalue weighted by Gasteiger charge is -2.31.